The van der Waals surface area contributed by atoms with Crippen molar-refractivity contribution in [3.05, 3.63) is 58.6 Å². The summed E-state index contributed by atoms with van der Waals surface area (Å²) < 4.78 is 32.1. The van der Waals surface area contributed by atoms with Crippen LogP contribution in [0.5, 0.6) is 0 Å². The van der Waals surface area contributed by atoms with Gasteiger partial charge in [-0.25, -0.2) is 8.42 Å². The summed E-state index contributed by atoms with van der Waals surface area (Å²) in [7, 11) is -2.02. The number of ether oxygens (including phenoxy) is 1. The third-order valence-electron chi connectivity index (χ3n) is 2.95. The molecular weight excluding hydrogens is 310 g/mol. The first-order valence-corrected chi connectivity index (χ1v) is 8.15. The normalized spacial score (nSPS) is 11.4. The summed E-state index contributed by atoms with van der Waals surface area (Å²) in [6, 6.07) is 11.6. The van der Waals surface area contributed by atoms with Gasteiger partial charge in [-0.3, -0.25) is 4.72 Å². The highest BCUT2D eigenvalue weighted by atomic mass is 35.5. The molecule has 4 nitrogen and oxygen atoms in total. The second kappa shape index (κ2) is 6.47. The molecule has 0 aliphatic rings. The number of sulfonamides is 1. The second-order valence-electron chi connectivity index (χ2n) is 4.65. The molecule has 0 amide bonds. The summed E-state index contributed by atoms with van der Waals surface area (Å²) in [6.07, 6.45) is 0. The molecule has 2 aromatic carbocycles. The minimum absolute atomic E-state index is 0.204. The molecule has 0 aliphatic carbocycles. The van der Waals surface area contributed by atoms with E-state index in [1.165, 1.54) is 0 Å². The molecule has 2 rings (SSSR count). The standard InChI is InChI=1S/C15H16ClNO3S/c1-11-9-13(5-8-15(11)16)17-21(18,19)14-6-3-12(4-7-14)10-20-2/h3-9,17H,10H2,1-2H3. The van der Waals surface area contributed by atoms with Gasteiger partial charge in [-0.05, 0) is 48.4 Å². The Labute approximate surface area is 129 Å². The molecule has 0 saturated heterocycles. The van der Waals surface area contributed by atoms with Gasteiger partial charge in [-0.1, -0.05) is 23.7 Å². The molecule has 0 aromatic heterocycles. The molecule has 0 radical (unpaired) electrons. The fraction of sp³-hybridized carbons (Fsp3) is 0.200. The Morgan fingerprint density at radius 3 is 2.38 bits per heavy atom. The maximum atomic E-state index is 12.3. The second-order valence-corrected chi connectivity index (χ2v) is 6.74. The van der Waals surface area contributed by atoms with Gasteiger partial charge in [-0.15, -0.1) is 0 Å². The summed E-state index contributed by atoms with van der Waals surface area (Å²) in [4.78, 5) is 0.204. The molecule has 2 aromatic rings. The zero-order valence-corrected chi connectivity index (χ0v) is 13.3. The van der Waals surface area contributed by atoms with Crippen molar-refractivity contribution in [3.8, 4) is 0 Å². The van der Waals surface area contributed by atoms with Gasteiger partial charge in [0.2, 0.25) is 0 Å². The number of nitrogens with one attached hydrogen (secondary N) is 1. The van der Waals surface area contributed by atoms with E-state index in [0.29, 0.717) is 17.3 Å². The van der Waals surface area contributed by atoms with E-state index in [9.17, 15) is 8.42 Å². The molecule has 1 N–H and O–H groups in total. The van der Waals surface area contributed by atoms with Crippen molar-refractivity contribution in [1.29, 1.82) is 0 Å². The molecule has 0 spiro atoms. The quantitative estimate of drug-likeness (QED) is 0.914. The van der Waals surface area contributed by atoms with Crippen molar-refractivity contribution < 1.29 is 13.2 Å². The summed E-state index contributed by atoms with van der Waals surface area (Å²) in [5.41, 5.74) is 2.21. The maximum absolute atomic E-state index is 12.3. The number of benzene rings is 2. The lowest BCUT2D eigenvalue weighted by atomic mass is 10.2. The van der Waals surface area contributed by atoms with Crippen molar-refractivity contribution in [1.82, 2.24) is 0 Å². The van der Waals surface area contributed by atoms with Crippen molar-refractivity contribution >= 4 is 27.3 Å². The van der Waals surface area contributed by atoms with Gasteiger partial charge in [-0.2, -0.15) is 0 Å². The largest absolute Gasteiger partial charge is 0.380 e. The lowest BCUT2D eigenvalue weighted by molar-refractivity contribution is 0.185. The lowest BCUT2D eigenvalue weighted by Gasteiger charge is -2.10. The molecular formula is C15H16ClNO3S. The molecule has 21 heavy (non-hydrogen) atoms. The minimum Gasteiger partial charge on any atom is -0.380 e. The fourth-order valence-electron chi connectivity index (χ4n) is 1.85. The van der Waals surface area contributed by atoms with E-state index in [4.69, 9.17) is 16.3 Å². The number of rotatable bonds is 5. The number of hydrogen-bond acceptors (Lipinski definition) is 3. The highest BCUT2D eigenvalue weighted by Crippen LogP contribution is 2.22. The number of methoxy groups -OCH3 is 1. The number of hydrogen-bond donors (Lipinski definition) is 1. The third-order valence-corrected chi connectivity index (χ3v) is 4.78. The van der Waals surface area contributed by atoms with Crippen LogP contribution in [0.25, 0.3) is 0 Å². The van der Waals surface area contributed by atoms with Gasteiger partial charge in [0.1, 0.15) is 0 Å². The number of anilines is 1. The molecule has 0 fully saturated rings. The summed E-state index contributed by atoms with van der Waals surface area (Å²) in [5, 5.41) is 0.599. The first kappa shape index (κ1) is 15.8. The van der Waals surface area contributed by atoms with E-state index < -0.39 is 10.0 Å². The molecule has 0 aliphatic heterocycles. The summed E-state index contributed by atoms with van der Waals surface area (Å²) >= 11 is 5.93. The van der Waals surface area contributed by atoms with E-state index in [2.05, 4.69) is 4.72 Å². The van der Waals surface area contributed by atoms with Crippen LogP contribution in [0, 0.1) is 6.92 Å². The average Bonchev–Trinajstić information content (AvgIpc) is 2.44. The van der Waals surface area contributed by atoms with E-state index in [1.807, 2.05) is 6.92 Å². The van der Waals surface area contributed by atoms with Crippen LogP contribution in [0.4, 0.5) is 5.69 Å². The summed E-state index contributed by atoms with van der Waals surface area (Å²) in [6.45, 7) is 2.27. The first-order chi connectivity index (χ1) is 9.92. The van der Waals surface area contributed by atoms with Crippen LogP contribution >= 0.6 is 11.6 Å². The Hall–Kier alpha value is -1.56. The topological polar surface area (TPSA) is 55.4 Å². The SMILES string of the molecule is COCc1ccc(S(=O)(=O)Nc2ccc(Cl)c(C)c2)cc1. The highest BCUT2D eigenvalue weighted by Gasteiger charge is 2.14. The van der Waals surface area contributed by atoms with Crippen molar-refractivity contribution in [2.24, 2.45) is 0 Å². The van der Waals surface area contributed by atoms with Gasteiger partial charge >= 0.3 is 0 Å². The van der Waals surface area contributed by atoms with E-state index >= 15 is 0 Å². The smallest absolute Gasteiger partial charge is 0.261 e. The predicted molar refractivity (Wildman–Crippen MR) is 84.2 cm³/mol. The van der Waals surface area contributed by atoms with Crippen molar-refractivity contribution in [2.75, 3.05) is 11.8 Å². The van der Waals surface area contributed by atoms with Gasteiger partial charge in [0.15, 0.2) is 0 Å². The Morgan fingerprint density at radius 2 is 1.81 bits per heavy atom. The predicted octanol–water partition coefficient (Wildman–Crippen LogP) is 3.60. The Balaban J connectivity index is 2.23. The van der Waals surface area contributed by atoms with E-state index in [0.717, 1.165) is 11.1 Å². The van der Waals surface area contributed by atoms with Gasteiger partial charge in [0.25, 0.3) is 10.0 Å². The zero-order valence-electron chi connectivity index (χ0n) is 11.8. The summed E-state index contributed by atoms with van der Waals surface area (Å²) in [5.74, 6) is 0. The van der Waals surface area contributed by atoms with Crippen molar-refractivity contribution in [2.45, 2.75) is 18.4 Å². The monoisotopic (exact) mass is 325 g/mol. The lowest BCUT2D eigenvalue weighted by Crippen LogP contribution is -2.13. The fourth-order valence-corrected chi connectivity index (χ4v) is 3.02. The van der Waals surface area contributed by atoms with Crippen LogP contribution in [0.1, 0.15) is 11.1 Å². The van der Waals surface area contributed by atoms with Crippen LogP contribution < -0.4 is 4.72 Å². The molecule has 0 atom stereocenters. The Morgan fingerprint density at radius 1 is 1.14 bits per heavy atom. The van der Waals surface area contributed by atoms with Crippen LogP contribution in [-0.4, -0.2) is 15.5 Å². The molecule has 112 valence electrons. The maximum Gasteiger partial charge on any atom is 0.261 e. The van der Waals surface area contributed by atoms with Gasteiger partial charge in [0, 0.05) is 17.8 Å². The van der Waals surface area contributed by atoms with E-state index in [-0.39, 0.29) is 4.90 Å². The minimum atomic E-state index is -3.61. The third kappa shape index (κ3) is 3.97. The van der Waals surface area contributed by atoms with Gasteiger partial charge < -0.3 is 4.74 Å². The Kier molecular flexibility index (Phi) is 4.88. The molecule has 6 heteroatoms. The number of halogens is 1. The van der Waals surface area contributed by atoms with Crippen LogP contribution in [0.3, 0.4) is 0 Å². The van der Waals surface area contributed by atoms with Crippen LogP contribution in [-0.2, 0) is 21.4 Å². The number of aryl methyl sites for hydroxylation is 1. The average molecular weight is 326 g/mol. The molecule has 0 heterocycles. The van der Waals surface area contributed by atoms with Crippen LogP contribution in [0.2, 0.25) is 5.02 Å². The Bertz CT molecular complexity index is 727. The van der Waals surface area contributed by atoms with Crippen LogP contribution in [0.15, 0.2) is 47.4 Å². The molecule has 0 unspecified atom stereocenters. The van der Waals surface area contributed by atoms with Gasteiger partial charge in [0.05, 0.1) is 11.5 Å². The highest BCUT2D eigenvalue weighted by molar-refractivity contribution is 7.92. The first-order valence-electron chi connectivity index (χ1n) is 6.29. The zero-order chi connectivity index (χ0) is 15.5. The van der Waals surface area contributed by atoms with E-state index in [1.54, 1.807) is 49.6 Å². The molecule has 0 bridgehead atoms. The van der Waals surface area contributed by atoms with Crippen molar-refractivity contribution in [3.63, 3.8) is 0 Å². The molecule has 0 saturated carbocycles.